The first-order valence-corrected chi connectivity index (χ1v) is 9.28. The number of carbonyl (C=O) groups is 1. The first kappa shape index (κ1) is 19.2. The van der Waals surface area contributed by atoms with Crippen LogP contribution in [0, 0.1) is 6.92 Å². The summed E-state index contributed by atoms with van der Waals surface area (Å²) in [6.45, 7) is 3.83. The number of benzene rings is 2. The van der Waals surface area contributed by atoms with Crippen LogP contribution in [0.25, 0.3) is 16.8 Å². The Morgan fingerprint density at radius 3 is 2.63 bits per heavy atom. The van der Waals surface area contributed by atoms with Gasteiger partial charge in [0.1, 0.15) is 12.1 Å². The van der Waals surface area contributed by atoms with Gasteiger partial charge in [0.15, 0.2) is 0 Å². The van der Waals surface area contributed by atoms with Crippen LogP contribution in [-0.4, -0.2) is 36.3 Å². The molecule has 9 heteroatoms. The summed E-state index contributed by atoms with van der Waals surface area (Å²) >= 11 is 0. The molecule has 0 saturated carbocycles. The first-order chi connectivity index (χ1) is 14.6. The van der Waals surface area contributed by atoms with Gasteiger partial charge in [-0.2, -0.15) is 0 Å². The van der Waals surface area contributed by atoms with Gasteiger partial charge < -0.3 is 10.1 Å². The molecule has 150 valence electrons. The molecule has 0 aliphatic rings. The number of aryl methyl sites for hydroxylation is 1. The second-order valence-electron chi connectivity index (χ2n) is 6.72. The van der Waals surface area contributed by atoms with Crippen molar-refractivity contribution in [2.24, 2.45) is 0 Å². The van der Waals surface area contributed by atoms with Crippen molar-refractivity contribution in [3.8, 4) is 22.6 Å². The van der Waals surface area contributed by atoms with E-state index in [9.17, 15) is 4.79 Å². The molecular weight excluding hydrogens is 382 g/mol. The molecule has 4 rings (SSSR count). The fourth-order valence-corrected chi connectivity index (χ4v) is 2.89. The lowest BCUT2D eigenvalue weighted by atomic mass is 10.0. The number of rotatable bonds is 5. The highest BCUT2D eigenvalue weighted by molar-refractivity contribution is 5.74. The number of tetrazole rings is 1. The number of nitrogens with zero attached hydrogens (tertiary/aromatic N) is 6. The van der Waals surface area contributed by atoms with Crippen LogP contribution in [0.1, 0.15) is 24.2 Å². The highest BCUT2D eigenvalue weighted by Crippen LogP contribution is 2.28. The van der Waals surface area contributed by atoms with Crippen LogP contribution in [0.5, 0.6) is 5.75 Å². The van der Waals surface area contributed by atoms with Crippen molar-refractivity contribution in [3.63, 3.8) is 0 Å². The average molecular weight is 401 g/mol. The maximum atomic E-state index is 12.5. The lowest BCUT2D eigenvalue weighted by molar-refractivity contribution is 0.196. The molecule has 0 spiro atoms. The van der Waals surface area contributed by atoms with Crippen LogP contribution in [0.15, 0.2) is 67.4 Å². The van der Waals surface area contributed by atoms with Crippen LogP contribution in [0.2, 0.25) is 0 Å². The summed E-state index contributed by atoms with van der Waals surface area (Å²) in [5, 5.41) is 14.0. The predicted octanol–water partition coefficient (Wildman–Crippen LogP) is 3.28. The minimum atomic E-state index is -0.600. The minimum absolute atomic E-state index is 0.356. The van der Waals surface area contributed by atoms with Gasteiger partial charge in [-0.15, -0.1) is 5.10 Å². The third-order valence-electron chi connectivity index (χ3n) is 4.46. The quantitative estimate of drug-likeness (QED) is 0.547. The Bertz CT molecular complexity index is 1130. The summed E-state index contributed by atoms with van der Waals surface area (Å²) in [5.41, 5.74) is 4.31. The second kappa shape index (κ2) is 8.48. The fourth-order valence-electron chi connectivity index (χ4n) is 2.89. The lowest BCUT2D eigenvalue weighted by Gasteiger charge is -2.14. The summed E-state index contributed by atoms with van der Waals surface area (Å²) in [7, 11) is 0. The molecule has 0 aliphatic carbocycles. The average Bonchev–Trinajstić information content (AvgIpc) is 3.29. The number of hydrogen-bond donors (Lipinski definition) is 1. The van der Waals surface area contributed by atoms with Crippen LogP contribution in [0.3, 0.4) is 0 Å². The predicted molar refractivity (Wildman–Crippen MR) is 109 cm³/mol. The van der Waals surface area contributed by atoms with E-state index in [4.69, 9.17) is 4.74 Å². The van der Waals surface area contributed by atoms with Gasteiger partial charge in [0.2, 0.25) is 0 Å². The second-order valence-corrected chi connectivity index (χ2v) is 6.72. The van der Waals surface area contributed by atoms with E-state index < -0.39 is 6.09 Å². The van der Waals surface area contributed by atoms with Crippen molar-refractivity contribution in [1.29, 1.82) is 0 Å². The zero-order chi connectivity index (χ0) is 20.9. The largest absolute Gasteiger partial charge is 0.413 e. The van der Waals surface area contributed by atoms with Crippen LogP contribution in [-0.2, 0) is 0 Å². The van der Waals surface area contributed by atoms with E-state index in [1.165, 1.54) is 11.0 Å². The number of amides is 1. The lowest BCUT2D eigenvalue weighted by Crippen LogP contribution is -2.30. The highest BCUT2D eigenvalue weighted by Gasteiger charge is 2.14. The van der Waals surface area contributed by atoms with Gasteiger partial charge in [0.05, 0.1) is 23.6 Å². The molecular formula is C21H19N7O2. The van der Waals surface area contributed by atoms with Crippen LogP contribution in [0.4, 0.5) is 4.79 Å². The van der Waals surface area contributed by atoms with Crippen LogP contribution < -0.4 is 10.1 Å². The summed E-state index contributed by atoms with van der Waals surface area (Å²) in [6.07, 6.45) is 5.62. The standard InChI is InChI=1S/C21H19N7O2/c1-14-3-5-16(6-4-14)17-9-18(28-13-24-26-27-28)11-19(10-17)30-21(29)25-15(2)20-12-22-7-8-23-20/h3-13,15H,1-2H3,(H,25,29). The molecule has 0 bridgehead atoms. The van der Waals surface area contributed by atoms with E-state index >= 15 is 0 Å². The third kappa shape index (κ3) is 4.46. The molecule has 4 aromatic rings. The summed E-state index contributed by atoms with van der Waals surface area (Å²) in [6, 6.07) is 13.1. The summed E-state index contributed by atoms with van der Waals surface area (Å²) < 4.78 is 7.06. The molecule has 1 N–H and O–H groups in total. The van der Waals surface area contributed by atoms with Crippen molar-refractivity contribution in [2.45, 2.75) is 19.9 Å². The Labute approximate surface area is 172 Å². The molecule has 1 unspecified atom stereocenters. The monoisotopic (exact) mass is 401 g/mol. The van der Waals surface area contributed by atoms with Gasteiger partial charge in [0.25, 0.3) is 0 Å². The molecule has 2 heterocycles. The molecule has 0 fully saturated rings. The van der Waals surface area contributed by atoms with E-state index in [1.807, 2.05) is 37.3 Å². The van der Waals surface area contributed by atoms with E-state index in [-0.39, 0.29) is 6.04 Å². The molecule has 0 saturated heterocycles. The number of ether oxygens (including phenoxy) is 1. The van der Waals surface area contributed by atoms with E-state index in [2.05, 4.69) is 30.8 Å². The SMILES string of the molecule is Cc1ccc(-c2cc(OC(=O)NC(C)c3cnccn3)cc(-n3cnnn3)c2)cc1. The normalized spacial score (nSPS) is 11.7. The molecule has 1 amide bonds. The van der Waals surface area contributed by atoms with Crippen molar-refractivity contribution in [2.75, 3.05) is 0 Å². The Morgan fingerprint density at radius 1 is 1.10 bits per heavy atom. The van der Waals surface area contributed by atoms with Gasteiger partial charge in [0, 0.05) is 18.5 Å². The molecule has 9 nitrogen and oxygen atoms in total. The van der Waals surface area contributed by atoms with Crippen molar-refractivity contribution >= 4 is 6.09 Å². The molecule has 1 atom stereocenters. The van der Waals surface area contributed by atoms with Gasteiger partial charge in [-0.1, -0.05) is 29.8 Å². The molecule has 2 aromatic heterocycles. The number of nitrogens with one attached hydrogen (secondary N) is 1. The highest BCUT2D eigenvalue weighted by atomic mass is 16.6. The molecule has 0 aliphatic heterocycles. The van der Waals surface area contributed by atoms with Gasteiger partial charge >= 0.3 is 6.09 Å². The van der Waals surface area contributed by atoms with Crippen molar-refractivity contribution < 1.29 is 9.53 Å². The maximum Gasteiger partial charge on any atom is 0.413 e. The third-order valence-corrected chi connectivity index (χ3v) is 4.46. The van der Waals surface area contributed by atoms with E-state index in [0.29, 0.717) is 17.1 Å². The fraction of sp³-hybridized carbons (Fsp3) is 0.143. The zero-order valence-corrected chi connectivity index (χ0v) is 16.4. The first-order valence-electron chi connectivity index (χ1n) is 9.28. The summed E-state index contributed by atoms with van der Waals surface area (Å²) in [5.74, 6) is 0.363. The van der Waals surface area contributed by atoms with Gasteiger partial charge in [-0.3, -0.25) is 9.97 Å². The molecule has 2 aromatic carbocycles. The number of hydrogen-bond acceptors (Lipinski definition) is 7. The van der Waals surface area contributed by atoms with Crippen LogP contribution >= 0.6 is 0 Å². The maximum absolute atomic E-state index is 12.5. The zero-order valence-electron chi connectivity index (χ0n) is 16.4. The summed E-state index contributed by atoms with van der Waals surface area (Å²) in [4.78, 5) is 20.7. The number of carbonyl (C=O) groups excluding carboxylic acids is 1. The number of aromatic nitrogens is 6. The van der Waals surface area contributed by atoms with Gasteiger partial charge in [-0.25, -0.2) is 9.48 Å². The Hall–Kier alpha value is -4.14. The van der Waals surface area contributed by atoms with Gasteiger partial charge in [-0.05, 0) is 47.5 Å². The van der Waals surface area contributed by atoms with E-state index in [1.54, 1.807) is 37.6 Å². The molecule has 30 heavy (non-hydrogen) atoms. The smallest absolute Gasteiger partial charge is 0.410 e. The van der Waals surface area contributed by atoms with Crippen molar-refractivity contribution in [3.05, 3.63) is 78.6 Å². The Kier molecular flexibility index (Phi) is 5.42. The topological polar surface area (TPSA) is 108 Å². The Balaban J connectivity index is 1.60. The van der Waals surface area contributed by atoms with Crippen molar-refractivity contribution in [1.82, 2.24) is 35.5 Å². The van der Waals surface area contributed by atoms with E-state index in [0.717, 1.165) is 16.7 Å². The molecule has 0 radical (unpaired) electrons. The Morgan fingerprint density at radius 2 is 1.93 bits per heavy atom. The minimum Gasteiger partial charge on any atom is -0.410 e.